The fraction of sp³-hybridized carbons (Fsp3) is 0.316. The maximum Gasteiger partial charge on any atom is 0.243 e. The van der Waals surface area contributed by atoms with Crippen LogP contribution in [0, 0.1) is 0 Å². The van der Waals surface area contributed by atoms with Crippen LogP contribution in [-0.4, -0.2) is 45.9 Å². The quantitative estimate of drug-likeness (QED) is 0.680. The minimum absolute atomic E-state index is 0.123. The smallest absolute Gasteiger partial charge is 0.243 e. The van der Waals surface area contributed by atoms with Gasteiger partial charge in [0.1, 0.15) is 5.75 Å². The van der Waals surface area contributed by atoms with E-state index in [1.807, 2.05) is 30.3 Å². The average molecular weight is 376 g/mol. The third kappa shape index (κ3) is 5.57. The lowest BCUT2D eigenvalue weighted by Gasteiger charge is -2.17. The summed E-state index contributed by atoms with van der Waals surface area (Å²) in [6, 6.07) is 16.1. The van der Waals surface area contributed by atoms with Gasteiger partial charge in [0.15, 0.2) is 0 Å². The molecule has 2 aromatic rings. The van der Waals surface area contributed by atoms with Crippen molar-refractivity contribution in [1.82, 2.24) is 9.62 Å². The molecule has 0 bridgehead atoms. The van der Waals surface area contributed by atoms with E-state index in [0.29, 0.717) is 12.3 Å². The Kier molecular flexibility index (Phi) is 7.17. The highest BCUT2D eigenvalue weighted by atomic mass is 32.2. The lowest BCUT2D eigenvalue weighted by atomic mass is 10.1. The van der Waals surface area contributed by atoms with Crippen molar-refractivity contribution in [3.8, 4) is 5.75 Å². The molecule has 0 unspecified atom stereocenters. The number of ether oxygens (including phenoxy) is 1. The van der Waals surface area contributed by atoms with Crippen molar-refractivity contribution in [3.63, 3.8) is 0 Å². The Bertz CT molecular complexity index is 805. The van der Waals surface area contributed by atoms with Gasteiger partial charge in [-0.25, -0.2) is 8.42 Å². The number of carbonyl (C=O) groups excluding carboxylic acids is 1. The van der Waals surface area contributed by atoms with E-state index in [1.165, 1.54) is 31.9 Å². The zero-order valence-electron chi connectivity index (χ0n) is 15.0. The van der Waals surface area contributed by atoms with Gasteiger partial charge in [-0.3, -0.25) is 4.79 Å². The first kappa shape index (κ1) is 19.9. The maximum atomic E-state index is 12.5. The molecule has 1 amide bonds. The molecule has 0 atom stereocenters. The molecule has 0 radical (unpaired) electrons. The number of carbonyl (C=O) groups is 1. The number of nitrogens with one attached hydrogen (secondary N) is 1. The number of likely N-dealkylation sites (N-methyl/N-ethyl adjacent to an activating group) is 1. The summed E-state index contributed by atoms with van der Waals surface area (Å²) in [4.78, 5) is 12.1. The molecule has 26 heavy (non-hydrogen) atoms. The van der Waals surface area contributed by atoms with Gasteiger partial charge in [0, 0.05) is 13.6 Å². The van der Waals surface area contributed by atoms with E-state index in [4.69, 9.17) is 4.74 Å². The molecular formula is C19H24N2O4S. The zero-order valence-corrected chi connectivity index (χ0v) is 15.8. The molecule has 0 aliphatic carbocycles. The van der Waals surface area contributed by atoms with E-state index in [-0.39, 0.29) is 17.3 Å². The van der Waals surface area contributed by atoms with Gasteiger partial charge in [-0.15, -0.1) is 0 Å². The minimum Gasteiger partial charge on any atom is -0.497 e. The molecule has 0 saturated heterocycles. The number of hydrogen-bond donors (Lipinski definition) is 1. The van der Waals surface area contributed by atoms with Crippen LogP contribution in [0.5, 0.6) is 5.75 Å². The Morgan fingerprint density at radius 1 is 1.08 bits per heavy atom. The summed E-state index contributed by atoms with van der Waals surface area (Å²) in [5.41, 5.74) is 1.21. The van der Waals surface area contributed by atoms with Gasteiger partial charge in [-0.05, 0) is 42.7 Å². The Morgan fingerprint density at radius 3 is 2.35 bits per heavy atom. The van der Waals surface area contributed by atoms with Gasteiger partial charge in [-0.1, -0.05) is 30.3 Å². The van der Waals surface area contributed by atoms with E-state index in [9.17, 15) is 13.2 Å². The second-order valence-corrected chi connectivity index (χ2v) is 7.92. The predicted molar refractivity (Wildman–Crippen MR) is 101 cm³/mol. The standard InChI is InChI=1S/C19H24N2O4S/c1-21(26(23,24)18-12-10-17(25-2)11-13-18)15-19(22)20-14-6-9-16-7-4-3-5-8-16/h3-5,7-8,10-13H,6,9,14-15H2,1-2H3,(H,20,22). The van der Waals surface area contributed by atoms with Crippen LogP contribution in [0.4, 0.5) is 0 Å². The van der Waals surface area contributed by atoms with Crippen LogP contribution in [0.1, 0.15) is 12.0 Å². The van der Waals surface area contributed by atoms with E-state index < -0.39 is 10.0 Å². The van der Waals surface area contributed by atoms with Gasteiger partial charge in [0.2, 0.25) is 15.9 Å². The van der Waals surface area contributed by atoms with Gasteiger partial charge < -0.3 is 10.1 Å². The minimum atomic E-state index is -3.72. The molecule has 0 aliphatic heterocycles. The lowest BCUT2D eigenvalue weighted by Crippen LogP contribution is -2.38. The average Bonchev–Trinajstić information content (AvgIpc) is 2.66. The van der Waals surface area contributed by atoms with Crippen LogP contribution in [-0.2, 0) is 21.2 Å². The summed E-state index contributed by atoms with van der Waals surface area (Å²) in [6.45, 7) is 0.282. The van der Waals surface area contributed by atoms with Gasteiger partial charge in [0.25, 0.3) is 0 Å². The summed E-state index contributed by atoms with van der Waals surface area (Å²) < 4.78 is 31.0. The Hall–Kier alpha value is -2.38. The Balaban J connectivity index is 1.81. The number of methoxy groups -OCH3 is 1. The molecular weight excluding hydrogens is 352 g/mol. The first-order chi connectivity index (χ1) is 12.4. The van der Waals surface area contributed by atoms with Crippen LogP contribution in [0.25, 0.3) is 0 Å². The monoisotopic (exact) mass is 376 g/mol. The second kappa shape index (κ2) is 9.35. The van der Waals surface area contributed by atoms with Crippen LogP contribution in [0.3, 0.4) is 0 Å². The Labute approximate surface area is 154 Å². The van der Waals surface area contributed by atoms with Crippen LogP contribution >= 0.6 is 0 Å². The number of sulfonamides is 1. The molecule has 0 heterocycles. The Morgan fingerprint density at radius 2 is 1.73 bits per heavy atom. The first-order valence-electron chi connectivity index (χ1n) is 8.34. The van der Waals surface area contributed by atoms with E-state index in [1.54, 1.807) is 12.1 Å². The molecule has 140 valence electrons. The molecule has 0 aromatic heterocycles. The zero-order chi connectivity index (χ0) is 19.0. The fourth-order valence-corrected chi connectivity index (χ4v) is 3.56. The molecule has 1 N–H and O–H groups in total. The SMILES string of the molecule is COc1ccc(S(=O)(=O)N(C)CC(=O)NCCCc2ccccc2)cc1. The molecule has 0 aliphatic rings. The first-order valence-corrected chi connectivity index (χ1v) is 9.78. The summed E-state index contributed by atoms with van der Waals surface area (Å²) in [6.07, 6.45) is 1.66. The van der Waals surface area contributed by atoms with Crippen LogP contribution in [0.2, 0.25) is 0 Å². The van der Waals surface area contributed by atoms with Crippen LogP contribution < -0.4 is 10.1 Å². The highest BCUT2D eigenvalue weighted by Gasteiger charge is 2.22. The normalized spacial score (nSPS) is 11.3. The fourth-order valence-electron chi connectivity index (χ4n) is 2.44. The largest absolute Gasteiger partial charge is 0.497 e. The number of benzene rings is 2. The van der Waals surface area contributed by atoms with E-state index in [2.05, 4.69) is 5.32 Å². The molecule has 0 fully saturated rings. The number of amides is 1. The van der Waals surface area contributed by atoms with Gasteiger partial charge in [0.05, 0.1) is 18.6 Å². The summed E-state index contributed by atoms with van der Waals surface area (Å²) >= 11 is 0. The lowest BCUT2D eigenvalue weighted by molar-refractivity contribution is -0.121. The van der Waals surface area contributed by atoms with Crippen molar-refractivity contribution in [2.75, 3.05) is 27.2 Å². The maximum absolute atomic E-state index is 12.5. The summed E-state index contributed by atoms with van der Waals surface area (Å²) in [7, 11) is -0.812. The van der Waals surface area contributed by atoms with Crippen molar-refractivity contribution >= 4 is 15.9 Å². The number of aryl methyl sites for hydroxylation is 1. The highest BCUT2D eigenvalue weighted by Crippen LogP contribution is 2.18. The van der Waals surface area contributed by atoms with E-state index >= 15 is 0 Å². The molecule has 0 spiro atoms. The van der Waals surface area contributed by atoms with Gasteiger partial charge in [-0.2, -0.15) is 4.31 Å². The van der Waals surface area contributed by atoms with Crippen molar-refractivity contribution in [2.45, 2.75) is 17.7 Å². The molecule has 7 heteroatoms. The molecule has 6 nitrogen and oxygen atoms in total. The number of hydrogen-bond acceptors (Lipinski definition) is 4. The van der Waals surface area contributed by atoms with Gasteiger partial charge >= 0.3 is 0 Å². The van der Waals surface area contributed by atoms with Crippen molar-refractivity contribution in [3.05, 3.63) is 60.2 Å². The number of nitrogens with zero attached hydrogens (tertiary/aromatic N) is 1. The topological polar surface area (TPSA) is 75.7 Å². The molecule has 2 aromatic carbocycles. The van der Waals surface area contributed by atoms with Crippen LogP contribution in [0.15, 0.2) is 59.5 Å². The van der Waals surface area contributed by atoms with E-state index in [0.717, 1.165) is 17.1 Å². The second-order valence-electron chi connectivity index (χ2n) is 5.88. The number of rotatable bonds is 9. The van der Waals surface area contributed by atoms with Crippen molar-refractivity contribution < 1.29 is 17.9 Å². The van der Waals surface area contributed by atoms with Crippen molar-refractivity contribution in [1.29, 1.82) is 0 Å². The summed E-state index contributed by atoms with van der Waals surface area (Å²) in [5, 5.41) is 2.76. The third-order valence-electron chi connectivity index (χ3n) is 3.94. The predicted octanol–water partition coefficient (Wildman–Crippen LogP) is 2.06. The summed E-state index contributed by atoms with van der Waals surface area (Å²) in [5.74, 6) is 0.250. The molecule has 2 rings (SSSR count). The third-order valence-corrected chi connectivity index (χ3v) is 5.76. The highest BCUT2D eigenvalue weighted by molar-refractivity contribution is 7.89. The van der Waals surface area contributed by atoms with Crippen molar-refractivity contribution in [2.24, 2.45) is 0 Å². The molecule has 0 saturated carbocycles.